The Morgan fingerprint density at radius 2 is 1.63 bits per heavy atom. The molecule has 2 aromatic rings. The zero-order valence-corrected chi connectivity index (χ0v) is 17.8. The number of hydrogen-bond acceptors (Lipinski definition) is 4. The Hall–Kier alpha value is -1.86. The topological polar surface area (TPSA) is 64.4 Å². The molecule has 1 heterocycles. The quantitative estimate of drug-likeness (QED) is 0.617. The maximum Gasteiger partial charge on any atom is 0.246 e. The molecule has 0 aliphatic heterocycles. The molecule has 0 saturated carbocycles. The van der Waals surface area contributed by atoms with E-state index in [2.05, 4.69) is 5.10 Å². The van der Waals surface area contributed by atoms with Gasteiger partial charge in [-0.1, -0.05) is 31.5 Å². The van der Waals surface area contributed by atoms with Gasteiger partial charge >= 0.3 is 0 Å². The van der Waals surface area contributed by atoms with Crippen molar-refractivity contribution in [2.24, 2.45) is 0 Å². The third-order valence-electron chi connectivity index (χ3n) is 4.45. The van der Waals surface area contributed by atoms with Crippen molar-refractivity contribution in [1.29, 1.82) is 0 Å². The van der Waals surface area contributed by atoms with Crippen LogP contribution in [0.15, 0.2) is 29.2 Å². The standard InChI is InChI=1S/C20H31N3O3S/c1-6-12-22(13-7-2)27(24,25)20-17(4)21-23(18(20)5)14-15-26-19-10-8-16(3)9-11-19/h8-11H,6-7,12-15H2,1-5H3. The van der Waals surface area contributed by atoms with Crippen LogP contribution in [0.1, 0.15) is 43.6 Å². The van der Waals surface area contributed by atoms with Crippen molar-refractivity contribution in [3.63, 3.8) is 0 Å². The number of ether oxygens (including phenoxy) is 1. The van der Waals surface area contributed by atoms with Crippen LogP contribution in [0.3, 0.4) is 0 Å². The van der Waals surface area contributed by atoms with E-state index in [0.29, 0.717) is 42.5 Å². The van der Waals surface area contributed by atoms with Gasteiger partial charge in [-0.25, -0.2) is 8.42 Å². The van der Waals surface area contributed by atoms with Crippen LogP contribution in [-0.4, -0.2) is 42.2 Å². The number of nitrogens with zero attached hydrogens (tertiary/aromatic N) is 3. The van der Waals surface area contributed by atoms with Gasteiger partial charge in [-0.2, -0.15) is 9.40 Å². The minimum absolute atomic E-state index is 0.333. The van der Waals surface area contributed by atoms with Gasteiger partial charge in [-0.15, -0.1) is 0 Å². The third-order valence-corrected chi connectivity index (χ3v) is 6.60. The molecule has 0 bridgehead atoms. The molecule has 0 spiro atoms. The van der Waals surface area contributed by atoms with Crippen molar-refractivity contribution in [2.45, 2.75) is 58.9 Å². The van der Waals surface area contributed by atoms with E-state index in [-0.39, 0.29) is 0 Å². The Morgan fingerprint density at radius 3 is 2.19 bits per heavy atom. The molecular formula is C20H31N3O3S. The van der Waals surface area contributed by atoms with Gasteiger partial charge in [0.25, 0.3) is 0 Å². The molecule has 0 fully saturated rings. The van der Waals surface area contributed by atoms with Crippen LogP contribution < -0.4 is 4.74 Å². The lowest BCUT2D eigenvalue weighted by Gasteiger charge is -2.21. The van der Waals surface area contributed by atoms with Crippen LogP contribution >= 0.6 is 0 Å². The molecule has 27 heavy (non-hydrogen) atoms. The fourth-order valence-electron chi connectivity index (χ4n) is 3.14. The Balaban J connectivity index is 2.16. The lowest BCUT2D eigenvalue weighted by Crippen LogP contribution is -2.33. The summed E-state index contributed by atoms with van der Waals surface area (Å²) in [7, 11) is -3.54. The SMILES string of the molecule is CCCN(CCC)S(=O)(=O)c1c(C)nn(CCOc2ccc(C)cc2)c1C. The molecule has 6 nitrogen and oxygen atoms in total. The van der Waals surface area contributed by atoms with Gasteiger partial charge in [0, 0.05) is 13.1 Å². The van der Waals surface area contributed by atoms with Gasteiger partial charge < -0.3 is 4.74 Å². The fraction of sp³-hybridized carbons (Fsp3) is 0.550. The summed E-state index contributed by atoms with van der Waals surface area (Å²) >= 11 is 0. The summed E-state index contributed by atoms with van der Waals surface area (Å²) in [6.45, 7) is 11.6. The second-order valence-electron chi connectivity index (χ2n) is 6.79. The summed E-state index contributed by atoms with van der Waals surface area (Å²) in [4.78, 5) is 0.333. The van der Waals surface area contributed by atoms with Crippen LogP contribution in [0.2, 0.25) is 0 Å². The Labute approximate surface area is 163 Å². The van der Waals surface area contributed by atoms with Gasteiger partial charge in [0.15, 0.2) is 0 Å². The molecule has 1 aromatic heterocycles. The minimum atomic E-state index is -3.54. The van der Waals surface area contributed by atoms with Crippen molar-refractivity contribution >= 4 is 10.0 Å². The van der Waals surface area contributed by atoms with Gasteiger partial charge in [-0.05, 0) is 45.7 Å². The molecule has 0 radical (unpaired) electrons. The molecule has 2 rings (SSSR count). The van der Waals surface area contributed by atoms with E-state index in [9.17, 15) is 8.42 Å². The second-order valence-corrected chi connectivity index (χ2v) is 8.66. The molecule has 0 aliphatic carbocycles. The van der Waals surface area contributed by atoms with Gasteiger partial charge in [0.1, 0.15) is 17.3 Å². The number of sulfonamides is 1. The molecule has 0 unspecified atom stereocenters. The maximum absolute atomic E-state index is 13.1. The summed E-state index contributed by atoms with van der Waals surface area (Å²) in [6.07, 6.45) is 1.58. The Morgan fingerprint density at radius 1 is 1.04 bits per heavy atom. The molecule has 150 valence electrons. The van der Waals surface area contributed by atoms with Crippen molar-refractivity contribution in [1.82, 2.24) is 14.1 Å². The predicted octanol–water partition coefficient (Wildman–Crippen LogP) is 3.70. The fourth-order valence-corrected chi connectivity index (χ4v) is 5.13. The lowest BCUT2D eigenvalue weighted by molar-refractivity contribution is 0.289. The van der Waals surface area contributed by atoms with Crippen LogP contribution in [0.25, 0.3) is 0 Å². The van der Waals surface area contributed by atoms with Crippen LogP contribution in [-0.2, 0) is 16.6 Å². The van der Waals surface area contributed by atoms with E-state index in [1.807, 2.05) is 52.0 Å². The Bertz CT molecular complexity index is 836. The number of aromatic nitrogens is 2. The molecule has 7 heteroatoms. The van der Waals surface area contributed by atoms with Crippen molar-refractivity contribution < 1.29 is 13.2 Å². The first-order chi connectivity index (χ1) is 12.8. The zero-order valence-electron chi connectivity index (χ0n) is 17.0. The predicted molar refractivity (Wildman–Crippen MR) is 108 cm³/mol. The lowest BCUT2D eigenvalue weighted by atomic mass is 10.2. The van der Waals surface area contributed by atoms with Crippen molar-refractivity contribution in [3.05, 3.63) is 41.2 Å². The maximum atomic E-state index is 13.1. The average molecular weight is 394 g/mol. The largest absolute Gasteiger partial charge is 0.492 e. The van der Waals surface area contributed by atoms with E-state index in [0.717, 1.165) is 18.6 Å². The third kappa shape index (κ3) is 5.11. The average Bonchev–Trinajstić information content (AvgIpc) is 2.90. The summed E-state index contributed by atoms with van der Waals surface area (Å²) in [6, 6.07) is 7.86. The van der Waals surface area contributed by atoms with Crippen LogP contribution in [0.5, 0.6) is 5.75 Å². The van der Waals surface area contributed by atoms with Gasteiger partial charge in [0.2, 0.25) is 10.0 Å². The first-order valence-corrected chi connectivity index (χ1v) is 11.0. The second kappa shape index (κ2) is 9.37. The van der Waals surface area contributed by atoms with Crippen molar-refractivity contribution in [2.75, 3.05) is 19.7 Å². The molecule has 0 N–H and O–H groups in total. The summed E-state index contributed by atoms with van der Waals surface area (Å²) in [5.74, 6) is 0.798. The summed E-state index contributed by atoms with van der Waals surface area (Å²) in [5.41, 5.74) is 2.39. The first-order valence-electron chi connectivity index (χ1n) is 9.54. The smallest absolute Gasteiger partial charge is 0.246 e. The highest BCUT2D eigenvalue weighted by atomic mass is 32.2. The van der Waals surface area contributed by atoms with Gasteiger partial charge in [-0.3, -0.25) is 4.68 Å². The highest BCUT2D eigenvalue weighted by Gasteiger charge is 2.30. The number of aryl methyl sites for hydroxylation is 2. The number of benzene rings is 1. The molecule has 0 aliphatic rings. The highest BCUT2D eigenvalue weighted by molar-refractivity contribution is 7.89. The normalized spacial score (nSPS) is 11.9. The molecule has 1 aromatic carbocycles. The molecular weight excluding hydrogens is 362 g/mol. The van der Waals surface area contributed by atoms with E-state index in [1.165, 1.54) is 5.56 Å². The van der Waals surface area contributed by atoms with Crippen LogP contribution in [0, 0.1) is 20.8 Å². The highest BCUT2D eigenvalue weighted by Crippen LogP contribution is 2.24. The first kappa shape index (κ1) is 21.4. The van der Waals surface area contributed by atoms with Gasteiger partial charge in [0.05, 0.1) is 17.9 Å². The zero-order chi connectivity index (χ0) is 20.0. The van der Waals surface area contributed by atoms with Crippen LogP contribution in [0.4, 0.5) is 0 Å². The van der Waals surface area contributed by atoms with E-state index < -0.39 is 10.0 Å². The van der Waals surface area contributed by atoms with E-state index in [4.69, 9.17) is 4.74 Å². The summed E-state index contributed by atoms with van der Waals surface area (Å²) < 4.78 is 35.3. The monoisotopic (exact) mass is 393 g/mol. The van der Waals surface area contributed by atoms with Crippen molar-refractivity contribution in [3.8, 4) is 5.75 Å². The minimum Gasteiger partial charge on any atom is -0.492 e. The molecule has 0 atom stereocenters. The van der Waals surface area contributed by atoms with E-state index >= 15 is 0 Å². The molecule has 0 saturated heterocycles. The summed E-state index contributed by atoms with van der Waals surface area (Å²) in [5, 5.41) is 4.46. The Kier molecular flexibility index (Phi) is 7.44. The number of rotatable bonds is 10. The molecule has 0 amide bonds. The number of hydrogen-bond donors (Lipinski definition) is 0. The van der Waals surface area contributed by atoms with E-state index in [1.54, 1.807) is 15.9 Å².